The Labute approximate surface area is 115 Å². The van der Waals surface area contributed by atoms with E-state index in [2.05, 4.69) is 0 Å². The van der Waals surface area contributed by atoms with Crippen LogP contribution in [-0.4, -0.2) is 24.7 Å². The fourth-order valence-corrected chi connectivity index (χ4v) is 1.42. The minimum Gasteiger partial charge on any atom is -0.373 e. The van der Waals surface area contributed by atoms with Crippen LogP contribution in [0.3, 0.4) is 0 Å². The van der Waals surface area contributed by atoms with Crippen molar-refractivity contribution in [3.8, 4) is 0 Å². The number of rotatable bonds is 6. The van der Waals surface area contributed by atoms with Crippen molar-refractivity contribution in [3.05, 3.63) is 48.0 Å². The van der Waals surface area contributed by atoms with E-state index in [4.69, 9.17) is 4.74 Å². The maximum absolute atomic E-state index is 12.0. The third kappa shape index (κ3) is 6.38. The molecule has 1 rings (SSSR count). The van der Waals surface area contributed by atoms with Gasteiger partial charge in [0.2, 0.25) is 0 Å². The fourth-order valence-electron chi connectivity index (χ4n) is 1.42. The smallest absolute Gasteiger partial charge is 0.373 e. The Morgan fingerprint density at radius 3 is 2.60 bits per heavy atom. The van der Waals surface area contributed by atoms with Crippen molar-refractivity contribution in [1.82, 2.24) is 5.32 Å². The van der Waals surface area contributed by atoms with Gasteiger partial charge < -0.3 is 10.1 Å². The summed E-state index contributed by atoms with van der Waals surface area (Å²) in [6, 6.07) is 8.80. The maximum atomic E-state index is 12.0. The van der Waals surface area contributed by atoms with Gasteiger partial charge in [-0.05, 0) is 12.5 Å². The first kappa shape index (κ1) is 16.2. The van der Waals surface area contributed by atoms with Gasteiger partial charge in [-0.3, -0.25) is 4.79 Å². The van der Waals surface area contributed by atoms with E-state index in [1.165, 1.54) is 13.0 Å². The predicted molar refractivity (Wildman–Crippen MR) is 68.9 cm³/mol. The molecule has 0 unspecified atom stereocenters. The number of alkyl halides is 3. The normalized spacial score (nSPS) is 13.4. The van der Waals surface area contributed by atoms with E-state index in [1.807, 2.05) is 35.6 Å². The monoisotopic (exact) mass is 287 g/mol. The molecule has 1 N–H and O–H groups in total. The summed E-state index contributed by atoms with van der Waals surface area (Å²) in [5.41, 5.74) is 1.01. The highest BCUT2D eigenvalue weighted by atomic mass is 19.4. The second kappa shape index (κ2) is 7.69. The maximum Gasteiger partial charge on any atom is 0.471 e. The highest BCUT2D eigenvalue weighted by Gasteiger charge is 2.38. The number of ether oxygens (including phenoxy) is 1. The first-order chi connectivity index (χ1) is 9.39. The number of carbonyl (C=O) groups is 1. The van der Waals surface area contributed by atoms with Gasteiger partial charge >= 0.3 is 12.1 Å². The minimum absolute atomic E-state index is 0.265. The number of hydrogen-bond acceptors (Lipinski definition) is 2. The van der Waals surface area contributed by atoms with E-state index in [0.717, 1.165) is 5.56 Å². The molecule has 0 aliphatic rings. The van der Waals surface area contributed by atoms with E-state index in [1.54, 1.807) is 6.08 Å². The van der Waals surface area contributed by atoms with Gasteiger partial charge in [-0.15, -0.1) is 0 Å². The highest BCUT2D eigenvalue weighted by molar-refractivity contribution is 5.82. The van der Waals surface area contributed by atoms with Crippen LogP contribution in [0.4, 0.5) is 13.2 Å². The molecule has 0 bridgehead atoms. The molecule has 0 radical (unpaired) electrons. The molecule has 1 amide bonds. The van der Waals surface area contributed by atoms with Crippen molar-refractivity contribution in [3.63, 3.8) is 0 Å². The molecule has 110 valence electrons. The van der Waals surface area contributed by atoms with Crippen molar-refractivity contribution in [2.24, 2.45) is 0 Å². The first-order valence-corrected chi connectivity index (χ1v) is 6.05. The molecule has 0 aliphatic carbocycles. The Kier molecular flexibility index (Phi) is 6.24. The highest BCUT2D eigenvalue weighted by Crippen LogP contribution is 2.14. The molecule has 6 heteroatoms. The second-order valence-corrected chi connectivity index (χ2v) is 4.19. The largest absolute Gasteiger partial charge is 0.471 e. The molecule has 0 saturated heterocycles. The van der Waals surface area contributed by atoms with Crippen molar-refractivity contribution in [1.29, 1.82) is 0 Å². The number of amides is 1. The second-order valence-electron chi connectivity index (χ2n) is 4.19. The van der Waals surface area contributed by atoms with Crippen molar-refractivity contribution >= 4 is 5.91 Å². The molecule has 0 aromatic heterocycles. The molecule has 3 nitrogen and oxygen atoms in total. The zero-order chi connectivity index (χ0) is 15.0. The summed E-state index contributed by atoms with van der Waals surface area (Å²) in [6.07, 6.45) is -1.83. The quantitative estimate of drug-likeness (QED) is 0.645. The molecule has 1 atom stereocenters. The molecular weight excluding hydrogens is 271 g/mol. The lowest BCUT2D eigenvalue weighted by atomic mass is 10.2. The van der Waals surface area contributed by atoms with Crippen LogP contribution < -0.4 is 5.32 Å². The van der Waals surface area contributed by atoms with Gasteiger partial charge in [0, 0.05) is 6.04 Å². The topological polar surface area (TPSA) is 38.3 Å². The van der Waals surface area contributed by atoms with Crippen LogP contribution in [-0.2, 0) is 16.1 Å². The fraction of sp³-hybridized carbons (Fsp3) is 0.357. The zero-order valence-corrected chi connectivity index (χ0v) is 11.0. The molecule has 0 aliphatic heterocycles. The van der Waals surface area contributed by atoms with Gasteiger partial charge in [-0.1, -0.05) is 42.5 Å². The summed E-state index contributed by atoms with van der Waals surface area (Å²) in [5.74, 6) is -1.94. The van der Waals surface area contributed by atoms with Gasteiger partial charge in [0.15, 0.2) is 0 Å². The van der Waals surface area contributed by atoms with Gasteiger partial charge in [0.05, 0.1) is 13.2 Å². The Morgan fingerprint density at radius 2 is 2.00 bits per heavy atom. The first-order valence-electron chi connectivity index (χ1n) is 6.05. The van der Waals surface area contributed by atoms with E-state index < -0.39 is 18.1 Å². The van der Waals surface area contributed by atoms with Crippen LogP contribution >= 0.6 is 0 Å². The number of benzene rings is 1. The van der Waals surface area contributed by atoms with Crippen molar-refractivity contribution in [2.75, 3.05) is 6.61 Å². The van der Waals surface area contributed by atoms with E-state index in [-0.39, 0.29) is 6.61 Å². The molecule has 20 heavy (non-hydrogen) atoms. The summed E-state index contributed by atoms with van der Waals surface area (Å²) < 4.78 is 41.3. The van der Waals surface area contributed by atoms with Crippen LogP contribution in [0.5, 0.6) is 0 Å². The van der Waals surface area contributed by atoms with Crippen LogP contribution in [0, 0.1) is 0 Å². The van der Waals surface area contributed by atoms with Gasteiger partial charge in [0.25, 0.3) is 0 Å². The van der Waals surface area contributed by atoms with Crippen LogP contribution in [0.25, 0.3) is 0 Å². The van der Waals surface area contributed by atoms with Gasteiger partial charge in [0.1, 0.15) is 0 Å². The van der Waals surface area contributed by atoms with Crippen LogP contribution in [0.1, 0.15) is 12.5 Å². The zero-order valence-electron chi connectivity index (χ0n) is 11.0. The number of carbonyl (C=O) groups excluding carboxylic acids is 1. The Morgan fingerprint density at radius 1 is 1.35 bits per heavy atom. The lowest BCUT2D eigenvalue weighted by molar-refractivity contribution is -0.173. The number of hydrogen-bond donors (Lipinski definition) is 1. The summed E-state index contributed by atoms with van der Waals surface area (Å²) >= 11 is 0. The molecule has 0 saturated carbocycles. The van der Waals surface area contributed by atoms with Crippen LogP contribution in [0.2, 0.25) is 0 Å². The standard InChI is InChI=1S/C14H16F3NO2/c1-11(18-13(19)14(15,16)17)6-5-9-20-10-12-7-3-2-4-8-12/h2-8,11H,9-10H2,1H3,(H,18,19)/t11-/m1/s1. The molecular formula is C14H16F3NO2. The van der Waals surface area contributed by atoms with Gasteiger partial charge in [-0.25, -0.2) is 0 Å². The third-order valence-corrected chi connectivity index (χ3v) is 2.37. The molecule has 1 aromatic carbocycles. The molecule has 0 spiro atoms. The number of halogens is 3. The summed E-state index contributed by atoms with van der Waals surface area (Å²) in [4.78, 5) is 10.6. The lowest BCUT2D eigenvalue weighted by Crippen LogP contribution is -2.41. The summed E-state index contributed by atoms with van der Waals surface area (Å²) in [6.45, 7) is 2.15. The van der Waals surface area contributed by atoms with Crippen LogP contribution in [0.15, 0.2) is 42.5 Å². The van der Waals surface area contributed by atoms with E-state index in [9.17, 15) is 18.0 Å². The SMILES string of the molecule is C[C@H](C=CCOCc1ccccc1)NC(=O)C(F)(F)F. The Hall–Kier alpha value is -1.82. The average molecular weight is 287 g/mol. The summed E-state index contributed by atoms with van der Waals surface area (Å²) in [7, 11) is 0. The van der Waals surface area contributed by atoms with E-state index in [0.29, 0.717) is 6.61 Å². The van der Waals surface area contributed by atoms with E-state index >= 15 is 0 Å². The molecule has 0 fully saturated rings. The Bertz CT molecular complexity index is 443. The Balaban J connectivity index is 2.23. The minimum atomic E-state index is -4.86. The predicted octanol–water partition coefficient (Wildman–Crippen LogP) is 2.83. The van der Waals surface area contributed by atoms with Crippen molar-refractivity contribution in [2.45, 2.75) is 25.7 Å². The summed E-state index contributed by atoms with van der Waals surface area (Å²) in [5, 5.41) is 1.82. The molecule has 1 aromatic rings. The van der Waals surface area contributed by atoms with Crippen molar-refractivity contribution < 1.29 is 22.7 Å². The number of nitrogens with one attached hydrogen (secondary N) is 1. The average Bonchev–Trinajstić information content (AvgIpc) is 2.38. The van der Waals surface area contributed by atoms with Gasteiger partial charge in [-0.2, -0.15) is 13.2 Å². The third-order valence-electron chi connectivity index (χ3n) is 2.37. The molecule has 0 heterocycles. The lowest BCUT2D eigenvalue weighted by Gasteiger charge is -2.11.